The zero-order valence-electron chi connectivity index (χ0n) is 11.5. The van der Waals surface area contributed by atoms with Crippen molar-refractivity contribution in [2.45, 2.75) is 46.1 Å². The number of hydrogen-bond donors (Lipinski definition) is 0. The van der Waals surface area contributed by atoms with Crippen LogP contribution < -0.4 is 0 Å². The van der Waals surface area contributed by atoms with Gasteiger partial charge in [0.25, 0.3) is 0 Å². The van der Waals surface area contributed by atoms with Crippen molar-refractivity contribution in [3.63, 3.8) is 0 Å². The largest absolute Gasteiger partial charge is 0.367 e. The molecule has 1 aromatic carbocycles. The molecule has 0 N–H and O–H groups in total. The Morgan fingerprint density at radius 3 is 2.33 bits per heavy atom. The number of halogens is 1. The summed E-state index contributed by atoms with van der Waals surface area (Å²) in [5.41, 5.74) is 0.225. The number of aryl methyl sites for hydroxylation is 1. The van der Waals surface area contributed by atoms with Gasteiger partial charge in [0, 0.05) is 12.2 Å². The van der Waals surface area contributed by atoms with Crippen LogP contribution in [0.1, 0.15) is 49.5 Å². The molecule has 0 aliphatic heterocycles. The number of ketones is 1. The van der Waals surface area contributed by atoms with E-state index in [-0.39, 0.29) is 11.6 Å². The van der Waals surface area contributed by atoms with Gasteiger partial charge in [-0.1, -0.05) is 13.8 Å². The molecule has 0 radical (unpaired) electrons. The second kappa shape index (κ2) is 6.10. The Morgan fingerprint density at radius 2 is 1.89 bits per heavy atom. The van der Waals surface area contributed by atoms with Crippen LogP contribution in [0.25, 0.3) is 0 Å². The minimum absolute atomic E-state index is 0.0579. The van der Waals surface area contributed by atoms with Crippen LogP contribution in [-0.2, 0) is 4.74 Å². The molecule has 1 rings (SSSR count). The highest BCUT2D eigenvalue weighted by Gasteiger charge is 2.36. The molecule has 2 nitrogen and oxygen atoms in total. The summed E-state index contributed by atoms with van der Waals surface area (Å²) in [7, 11) is 0. The first-order valence-electron chi connectivity index (χ1n) is 6.45. The van der Waals surface area contributed by atoms with Gasteiger partial charge in [0.05, 0.1) is 0 Å². The zero-order chi connectivity index (χ0) is 13.8. The summed E-state index contributed by atoms with van der Waals surface area (Å²) < 4.78 is 18.9. The van der Waals surface area contributed by atoms with Gasteiger partial charge in [0.2, 0.25) is 0 Å². The maximum Gasteiger partial charge on any atom is 0.194 e. The van der Waals surface area contributed by atoms with Crippen LogP contribution in [0.2, 0.25) is 0 Å². The second-order valence-electron chi connectivity index (χ2n) is 4.43. The van der Waals surface area contributed by atoms with Crippen molar-refractivity contribution in [3.8, 4) is 0 Å². The molecule has 0 bridgehead atoms. The summed E-state index contributed by atoms with van der Waals surface area (Å²) in [4.78, 5) is 12.5. The van der Waals surface area contributed by atoms with E-state index in [0.717, 1.165) is 0 Å². The maximum atomic E-state index is 13.2. The van der Waals surface area contributed by atoms with E-state index in [1.165, 1.54) is 12.1 Å². The number of carbonyl (C=O) groups excluding carboxylic acids is 1. The van der Waals surface area contributed by atoms with Gasteiger partial charge in [-0.2, -0.15) is 0 Å². The highest BCUT2D eigenvalue weighted by molar-refractivity contribution is 6.02. The van der Waals surface area contributed by atoms with E-state index in [9.17, 15) is 9.18 Å². The second-order valence-corrected chi connectivity index (χ2v) is 4.43. The highest BCUT2D eigenvalue weighted by atomic mass is 19.1. The van der Waals surface area contributed by atoms with Crippen LogP contribution in [0.5, 0.6) is 0 Å². The Bertz CT molecular complexity index is 423. The standard InChI is InChI=1S/C15H21FO2/c1-5-15(6-2,18-7-3)14(17)12-8-9-13(16)11(4)10-12/h8-10H,5-7H2,1-4H3. The van der Waals surface area contributed by atoms with E-state index in [1.807, 2.05) is 20.8 Å². The molecule has 0 saturated carbocycles. The molecule has 0 atom stereocenters. The lowest BCUT2D eigenvalue weighted by molar-refractivity contribution is -0.0250. The van der Waals surface area contributed by atoms with Crippen molar-refractivity contribution < 1.29 is 13.9 Å². The molecule has 18 heavy (non-hydrogen) atoms. The summed E-state index contributed by atoms with van der Waals surface area (Å²) in [6, 6.07) is 4.46. The van der Waals surface area contributed by atoms with E-state index in [4.69, 9.17) is 4.74 Å². The van der Waals surface area contributed by atoms with Crippen molar-refractivity contribution in [3.05, 3.63) is 35.1 Å². The average molecular weight is 252 g/mol. The van der Waals surface area contributed by atoms with E-state index in [1.54, 1.807) is 13.0 Å². The van der Waals surface area contributed by atoms with Gasteiger partial charge in [0.15, 0.2) is 5.78 Å². The van der Waals surface area contributed by atoms with Gasteiger partial charge in [0.1, 0.15) is 11.4 Å². The van der Waals surface area contributed by atoms with Gasteiger partial charge in [-0.15, -0.1) is 0 Å². The fraction of sp³-hybridized carbons (Fsp3) is 0.533. The van der Waals surface area contributed by atoms with E-state index in [2.05, 4.69) is 0 Å². The van der Waals surface area contributed by atoms with Crippen LogP contribution in [0.3, 0.4) is 0 Å². The lowest BCUT2D eigenvalue weighted by Crippen LogP contribution is -2.40. The Kier molecular flexibility index (Phi) is 5.03. The van der Waals surface area contributed by atoms with Crippen LogP contribution in [0.4, 0.5) is 4.39 Å². The van der Waals surface area contributed by atoms with Crippen molar-refractivity contribution >= 4 is 5.78 Å². The molecule has 0 saturated heterocycles. The monoisotopic (exact) mass is 252 g/mol. The molecule has 0 heterocycles. The van der Waals surface area contributed by atoms with E-state index in [0.29, 0.717) is 30.6 Å². The van der Waals surface area contributed by atoms with Crippen LogP contribution >= 0.6 is 0 Å². The Balaban J connectivity index is 3.13. The molecule has 0 amide bonds. The molecule has 0 spiro atoms. The molecule has 0 aliphatic rings. The Hall–Kier alpha value is -1.22. The van der Waals surface area contributed by atoms with Crippen molar-refractivity contribution in [2.75, 3.05) is 6.61 Å². The number of benzene rings is 1. The van der Waals surface area contributed by atoms with Crippen molar-refractivity contribution in [1.82, 2.24) is 0 Å². The predicted molar refractivity (Wildman–Crippen MR) is 70.4 cm³/mol. The lowest BCUT2D eigenvalue weighted by Gasteiger charge is -2.30. The fourth-order valence-corrected chi connectivity index (χ4v) is 2.17. The van der Waals surface area contributed by atoms with Crippen LogP contribution in [0, 0.1) is 12.7 Å². The third kappa shape index (κ3) is 2.78. The minimum atomic E-state index is -0.779. The number of hydrogen-bond acceptors (Lipinski definition) is 2. The Morgan fingerprint density at radius 1 is 1.28 bits per heavy atom. The predicted octanol–water partition coefficient (Wildman–Crippen LogP) is 3.91. The molecule has 3 heteroatoms. The summed E-state index contributed by atoms with van der Waals surface area (Å²) >= 11 is 0. The van der Waals surface area contributed by atoms with Crippen LogP contribution in [-0.4, -0.2) is 18.0 Å². The summed E-state index contributed by atoms with van der Waals surface area (Å²) in [6.45, 7) is 7.91. The summed E-state index contributed by atoms with van der Waals surface area (Å²) in [5, 5.41) is 0. The Labute approximate surface area is 108 Å². The SMILES string of the molecule is CCOC(CC)(CC)C(=O)c1ccc(F)c(C)c1. The third-order valence-electron chi connectivity index (χ3n) is 3.40. The summed E-state index contributed by atoms with van der Waals surface area (Å²) in [5.74, 6) is -0.348. The van der Waals surface area contributed by atoms with E-state index < -0.39 is 5.60 Å². The molecular formula is C15H21FO2. The molecule has 0 unspecified atom stereocenters. The molecular weight excluding hydrogens is 231 g/mol. The quantitative estimate of drug-likeness (QED) is 0.717. The normalized spacial score (nSPS) is 11.6. The molecule has 0 aliphatic carbocycles. The van der Waals surface area contributed by atoms with Gasteiger partial charge >= 0.3 is 0 Å². The van der Waals surface area contributed by atoms with Gasteiger partial charge in [-0.05, 0) is 50.5 Å². The summed E-state index contributed by atoms with van der Waals surface area (Å²) in [6.07, 6.45) is 1.24. The fourth-order valence-electron chi connectivity index (χ4n) is 2.17. The average Bonchev–Trinajstić information content (AvgIpc) is 2.38. The van der Waals surface area contributed by atoms with Gasteiger partial charge in [-0.3, -0.25) is 4.79 Å². The first kappa shape index (κ1) is 14.8. The number of ether oxygens (including phenoxy) is 1. The van der Waals surface area contributed by atoms with Crippen molar-refractivity contribution in [1.29, 1.82) is 0 Å². The first-order chi connectivity index (χ1) is 8.50. The molecule has 0 fully saturated rings. The smallest absolute Gasteiger partial charge is 0.194 e. The van der Waals surface area contributed by atoms with Gasteiger partial charge < -0.3 is 4.74 Å². The first-order valence-corrected chi connectivity index (χ1v) is 6.45. The van der Waals surface area contributed by atoms with E-state index >= 15 is 0 Å². The molecule has 100 valence electrons. The third-order valence-corrected chi connectivity index (χ3v) is 3.40. The highest BCUT2D eigenvalue weighted by Crippen LogP contribution is 2.26. The topological polar surface area (TPSA) is 26.3 Å². The molecule has 0 aromatic heterocycles. The minimum Gasteiger partial charge on any atom is -0.367 e. The van der Waals surface area contributed by atoms with Crippen LogP contribution in [0.15, 0.2) is 18.2 Å². The zero-order valence-corrected chi connectivity index (χ0v) is 11.5. The number of Topliss-reactive ketones (excluding diaryl/α,β-unsaturated/α-hetero) is 1. The maximum absolute atomic E-state index is 13.2. The number of carbonyl (C=O) groups is 1. The molecule has 1 aromatic rings. The number of rotatable bonds is 6. The van der Waals surface area contributed by atoms with Gasteiger partial charge in [-0.25, -0.2) is 4.39 Å². The van der Waals surface area contributed by atoms with Crippen molar-refractivity contribution in [2.24, 2.45) is 0 Å². The lowest BCUT2D eigenvalue weighted by atomic mass is 9.87.